The maximum absolute atomic E-state index is 11.2. The van der Waals surface area contributed by atoms with Gasteiger partial charge in [0.1, 0.15) is 0 Å². The maximum Gasteiger partial charge on any atom is 0.181 e. The normalized spacial score (nSPS) is 10.6. The lowest BCUT2D eigenvalue weighted by Crippen LogP contribution is -2.02. The second kappa shape index (κ2) is 3.30. The van der Waals surface area contributed by atoms with Crippen LogP contribution in [0.2, 0.25) is 0 Å². The summed E-state index contributed by atoms with van der Waals surface area (Å²) in [5.41, 5.74) is 1.10. The van der Waals surface area contributed by atoms with Crippen molar-refractivity contribution in [3.8, 4) is 5.82 Å². The van der Waals surface area contributed by atoms with Gasteiger partial charge >= 0.3 is 0 Å². The van der Waals surface area contributed by atoms with Gasteiger partial charge < -0.3 is 0 Å². The first-order valence-electron chi connectivity index (χ1n) is 4.53. The highest BCUT2D eigenvalue weighted by atomic mass is 16.1. The van der Waals surface area contributed by atoms with E-state index in [4.69, 9.17) is 0 Å². The van der Waals surface area contributed by atoms with Crippen LogP contribution < -0.4 is 0 Å². The molecule has 2 rings (SSSR count). The highest BCUT2D eigenvalue weighted by Crippen LogP contribution is 2.09. The van der Waals surface area contributed by atoms with Gasteiger partial charge in [-0.05, 0) is 6.92 Å². The minimum absolute atomic E-state index is 0.0883. The van der Waals surface area contributed by atoms with E-state index in [-0.39, 0.29) is 5.78 Å². The molecule has 78 valence electrons. The summed E-state index contributed by atoms with van der Waals surface area (Å²) in [6.45, 7) is 3.27. The second-order valence-electron chi connectivity index (χ2n) is 3.34. The minimum Gasteiger partial charge on any atom is -0.293 e. The molecule has 6 heteroatoms. The number of carbonyl (C=O) groups excluding carboxylic acids is 1. The van der Waals surface area contributed by atoms with E-state index >= 15 is 0 Å². The molecule has 0 saturated carbocycles. The van der Waals surface area contributed by atoms with Crippen LogP contribution in [0.1, 0.15) is 23.1 Å². The Morgan fingerprint density at radius 3 is 2.67 bits per heavy atom. The van der Waals surface area contributed by atoms with Gasteiger partial charge in [-0.25, -0.2) is 0 Å². The van der Waals surface area contributed by atoms with E-state index in [2.05, 4.69) is 15.4 Å². The summed E-state index contributed by atoms with van der Waals surface area (Å²) in [6.07, 6.45) is 1.81. The van der Waals surface area contributed by atoms with Crippen LogP contribution in [0.25, 0.3) is 5.82 Å². The number of carbonyl (C=O) groups is 1. The zero-order valence-electron chi connectivity index (χ0n) is 8.80. The standard InChI is InChI=1S/C9H11N5O/c1-6-9(7(2)15)10-12-14(6)8-4-5-13(3)11-8/h4-5H,1-3H3. The van der Waals surface area contributed by atoms with E-state index in [1.807, 2.05) is 19.3 Å². The molecule has 0 aliphatic heterocycles. The van der Waals surface area contributed by atoms with E-state index in [0.717, 1.165) is 0 Å². The van der Waals surface area contributed by atoms with Crippen LogP contribution >= 0.6 is 0 Å². The molecule has 0 aliphatic rings. The van der Waals surface area contributed by atoms with E-state index in [1.54, 1.807) is 16.3 Å². The van der Waals surface area contributed by atoms with Crippen molar-refractivity contribution in [2.75, 3.05) is 0 Å². The van der Waals surface area contributed by atoms with Gasteiger partial charge in [-0.15, -0.1) is 5.10 Å². The lowest BCUT2D eigenvalue weighted by molar-refractivity contribution is 0.101. The average Bonchev–Trinajstić information content (AvgIpc) is 2.71. The van der Waals surface area contributed by atoms with E-state index in [1.165, 1.54) is 6.92 Å². The zero-order chi connectivity index (χ0) is 11.0. The van der Waals surface area contributed by atoms with Gasteiger partial charge in [-0.1, -0.05) is 5.21 Å². The summed E-state index contributed by atoms with van der Waals surface area (Å²) in [6, 6.07) is 1.81. The van der Waals surface area contributed by atoms with Crippen LogP contribution in [0, 0.1) is 6.92 Å². The Bertz CT molecular complexity index is 510. The first-order chi connectivity index (χ1) is 7.09. The third kappa shape index (κ3) is 1.54. The van der Waals surface area contributed by atoms with Gasteiger partial charge in [0.15, 0.2) is 17.3 Å². The van der Waals surface area contributed by atoms with Crippen molar-refractivity contribution >= 4 is 5.78 Å². The topological polar surface area (TPSA) is 65.6 Å². The molecule has 2 aromatic rings. The smallest absolute Gasteiger partial charge is 0.181 e. The number of aromatic nitrogens is 5. The molecule has 6 nitrogen and oxygen atoms in total. The van der Waals surface area contributed by atoms with Crippen molar-refractivity contribution in [2.45, 2.75) is 13.8 Å². The fourth-order valence-electron chi connectivity index (χ4n) is 1.39. The summed E-state index contributed by atoms with van der Waals surface area (Å²) in [5, 5.41) is 11.9. The molecule has 0 unspecified atom stereocenters. The third-order valence-electron chi connectivity index (χ3n) is 2.14. The number of Topliss-reactive ketones (excluding diaryl/α,β-unsaturated/α-hetero) is 1. The molecule has 0 atom stereocenters. The lowest BCUT2D eigenvalue weighted by atomic mass is 10.2. The van der Waals surface area contributed by atoms with Gasteiger partial charge in [0.25, 0.3) is 0 Å². The molecule has 0 N–H and O–H groups in total. The Hall–Kier alpha value is -1.98. The summed E-state index contributed by atoms with van der Waals surface area (Å²) < 4.78 is 3.22. The average molecular weight is 205 g/mol. The molecule has 0 bridgehead atoms. The van der Waals surface area contributed by atoms with Crippen LogP contribution in [0.4, 0.5) is 0 Å². The number of ketones is 1. The van der Waals surface area contributed by atoms with Crippen LogP contribution in [-0.4, -0.2) is 30.6 Å². The predicted octanol–water partition coefficient (Wildman–Crippen LogP) is 0.512. The Morgan fingerprint density at radius 2 is 2.20 bits per heavy atom. The van der Waals surface area contributed by atoms with E-state index in [9.17, 15) is 4.79 Å². The van der Waals surface area contributed by atoms with Crippen molar-refractivity contribution in [2.24, 2.45) is 7.05 Å². The highest BCUT2D eigenvalue weighted by molar-refractivity contribution is 5.93. The van der Waals surface area contributed by atoms with Crippen molar-refractivity contribution in [1.82, 2.24) is 24.8 Å². The first kappa shape index (κ1) is 9.57. The molecule has 0 aromatic carbocycles. The molecule has 0 radical (unpaired) electrons. The number of hydrogen-bond donors (Lipinski definition) is 0. The van der Waals surface area contributed by atoms with Crippen LogP contribution in [-0.2, 0) is 7.05 Å². The van der Waals surface area contributed by atoms with Crippen LogP contribution in [0.15, 0.2) is 12.3 Å². The molecule has 0 aliphatic carbocycles. The third-order valence-corrected chi connectivity index (χ3v) is 2.14. The summed E-state index contributed by atoms with van der Waals surface area (Å²) in [4.78, 5) is 11.2. The van der Waals surface area contributed by atoms with Crippen LogP contribution in [0.5, 0.6) is 0 Å². The number of nitrogens with zero attached hydrogens (tertiary/aromatic N) is 5. The summed E-state index contributed by atoms with van der Waals surface area (Å²) in [7, 11) is 1.82. The quantitative estimate of drug-likeness (QED) is 0.670. The van der Waals surface area contributed by atoms with E-state index in [0.29, 0.717) is 17.2 Å². The summed E-state index contributed by atoms with van der Waals surface area (Å²) in [5.74, 6) is 0.574. The maximum atomic E-state index is 11.2. The predicted molar refractivity (Wildman–Crippen MR) is 52.9 cm³/mol. The largest absolute Gasteiger partial charge is 0.293 e. The van der Waals surface area contributed by atoms with Crippen molar-refractivity contribution in [1.29, 1.82) is 0 Å². The molecular formula is C9H11N5O. The molecule has 0 saturated heterocycles. The van der Waals surface area contributed by atoms with Gasteiger partial charge in [0.2, 0.25) is 0 Å². The number of aryl methyl sites for hydroxylation is 1. The molecule has 0 fully saturated rings. The Labute approximate surface area is 86.5 Å². The van der Waals surface area contributed by atoms with Gasteiger partial charge in [-0.2, -0.15) is 9.78 Å². The van der Waals surface area contributed by atoms with Crippen molar-refractivity contribution < 1.29 is 4.79 Å². The molecule has 2 heterocycles. The first-order valence-corrected chi connectivity index (χ1v) is 4.53. The fourth-order valence-corrected chi connectivity index (χ4v) is 1.39. The Morgan fingerprint density at radius 1 is 1.47 bits per heavy atom. The van der Waals surface area contributed by atoms with Crippen molar-refractivity contribution in [3.63, 3.8) is 0 Å². The molecule has 2 aromatic heterocycles. The SMILES string of the molecule is CC(=O)c1nnn(-c2ccn(C)n2)c1C. The second-order valence-corrected chi connectivity index (χ2v) is 3.34. The Kier molecular flexibility index (Phi) is 2.11. The van der Waals surface area contributed by atoms with Gasteiger partial charge in [-0.3, -0.25) is 9.48 Å². The van der Waals surface area contributed by atoms with Gasteiger partial charge in [0, 0.05) is 26.2 Å². The van der Waals surface area contributed by atoms with Crippen LogP contribution in [0.3, 0.4) is 0 Å². The lowest BCUT2D eigenvalue weighted by Gasteiger charge is -1.97. The zero-order valence-corrected chi connectivity index (χ0v) is 8.80. The number of rotatable bonds is 2. The fraction of sp³-hybridized carbons (Fsp3) is 0.333. The molecule has 0 spiro atoms. The molecular weight excluding hydrogens is 194 g/mol. The highest BCUT2D eigenvalue weighted by Gasteiger charge is 2.14. The Balaban J connectivity index is 2.50. The number of hydrogen-bond acceptors (Lipinski definition) is 4. The van der Waals surface area contributed by atoms with Crippen molar-refractivity contribution in [3.05, 3.63) is 23.7 Å². The van der Waals surface area contributed by atoms with E-state index < -0.39 is 0 Å². The summed E-state index contributed by atoms with van der Waals surface area (Å²) >= 11 is 0. The molecule has 15 heavy (non-hydrogen) atoms. The minimum atomic E-state index is -0.0883. The molecule has 0 amide bonds. The van der Waals surface area contributed by atoms with Gasteiger partial charge in [0.05, 0.1) is 5.69 Å². The monoisotopic (exact) mass is 205 g/mol.